The molecule has 0 bridgehead atoms. The number of H-pyrrole nitrogens is 1. The van der Waals surface area contributed by atoms with Crippen LogP contribution in [0.2, 0.25) is 10.0 Å². The van der Waals surface area contributed by atoms with E-state index >= 15 is 0 Å². The fourth-order valence-electron chi connectivity index (χ4n) is 5.03. The molecule has 2 aromatic carbocycles. The molecule has 0 saturated carbocycles. The lowest BCUT2D eigenvalue weighted by atomic mass is 9.96. The van der Waals surface area contributed by atoms with E-state index in [0.29, 0.717) is 38.6 Å². The second-order valence-electron chi connectivity index (χ2n) is 9.45. The number of hydrogen-bond donors (Lipinski definition) is 3. The molecule has 1 aliphatic rings. The predicted octanol–water partition coefficient (Wildman–Crippen LogP) is 7.06. The van der Waals surface area contributed by atoms with Gasteiger partial charge in [-0.1, -0.05) is 30.1 Å². The Balaban J connectivity index is 1.43. The summed E-state index contributed by atoms with van der Waals surface area (Å²) in [6, 6.07) is 9.90. The number of nitrogens with one attached hydrogen (secondary N) is 3. The minimum Gasteiger partial charge on any atom is -0.373 e. The molecule has 6 rings (SSSR count). The van der Waals surface area contributed by atoms with E-state index in [1.54, 1.807) is 23.6 Å². The number of hydrogen-bond acceptors (Lipinski definition) is 8. The van der Waals surface area contributed by atoms with Gasteiger partial charge in [0.05, 0.1) is 39.1 Å². The van der Waals surface area contributed by atoms with Crippen LogP contribution in [-0.2, 0) is 13.0 Å². The molecule has 0 aliphatic carbocycles. The zero-order valence-electron chi connectivity index (χ0n) is 21.3. The Hall–Kier alpha value is -3.75. The molecular weight excluding hydrogens is 570 g/mol. The number of thiophene rings is 1. The normalized spacial score (nSPS) is 14.1. The van der Waals surface area contributed by atoms with Crippen molar-refractivity contribution < 1.29 is 4.39 Å². The maximum absolute atomic E-state index is 13.8. The zero-order chi connectivity index (χ0) is 27.8. The lowest BCUT2D eigenvalue weighted by Gasteiger charge is -2.27. The van der Waals surface area contributed by atoms with Crippen LogP contribution in [0.3, 0.4) is 0 Å². The van der Waals surface area contributed by atoms with E-state index in [9.17, 15) is 9.65 Å². The standard InChI is InChI=1S/C28H23Cl2FN8S/c1-2-39-6-5-18-20(14-40-25(18)13-39)28(24-12-34-38-37-24)36-17-7-19-26(35-16-3-4-23(31)21(29)8-16)15(10-32)11-33-27(19)22(30)9-17/h3-4,7-9,11-12,14,28,36H,2,5-6,13H2,1H3,(H,33,35)(H,34,37,38). The summed E-state index contributed by atoms with van der Waals surface area (Å²) in [5, 5.41) is 31.1. The lowest BCUT2D eigenvalue weighted by Crippen LogP contribution is -2.30. The minimum absolute atomic E-state index is 0.0288. The number of nitriles is 1. The fraction of sp³-hybridized carbons (Fsp3) is 0.214. The molecule has 40 heavy (non-hydrogen) atoms. The Morgan fingerprint density at radius 1 is 1.20 bits per heavy atom. The molecule has 1 aliphatic heterocycles. The van der Waals surface area contributed by atoms with Gasteiger partial charge in [0.2, 0.25) is 0 Å². The zero-order valence-corrected chi connectivity index (χ0v) is 23.6. The van der Waals surface area contributed by atoms with Crippen molar-refractivity contribution >= 4 is 62.5 Å². The molecule has 4 heterocycles. The van der Waals surface area contributed by atoms with Gasteiger partial charge < -0.3 is 10.6 Å². The van der Waals surface area contributed by atoms with Crippen LogP contribution in [0.5, 0.6) is 0 Å². The van der Waals surface area contributed by atoms with E-state index in [1.165, 1.54) is 28.8 Å². The van der Waals surface area contributed by atoms with Crippen LogP contribution in [-0.4, -0.2) is 38.4 Å². The van der Waals surface area contributed by atoms with Gasteiger partial charge in [-0.25, -0.2) is 4.39 Å². The molecule has 0 amide bonds. The number of fused-ring (bicyclic) bond motifs is 2. The number of aromatic amines is 1. The number of benzene rings is 2. The third kappa shape index (κ3) is 4.97. The maximum Gasteiger partial charge on any atom is 0.141 e. The third-order valence-corrected chi connectivity index (χ3v) is 8.70. The Kier molecular flexibility index (Phi) is 7.29. The van der Waals surface area contributed by atoms with Gasteiger partial charge in [-0.15, -0.1) is 11.3 Å². The first kappa shape index (κ1) is 26.5. The second-order valence-corrected chi connectivity index (χ2v) is 11.2. The number of pyridine rings is 1. The second kappa shape index (κ2) is 11.0. The Bertz CT molecular complexity index is 1750. The van der Waals surface area contributed by atoms with Crippen molar-refractivity contribution in [1.82, 2.24) is 25.3 Å². The average Bonchev–Trinajstić information content (AvgIpc) is 3.64. The van der Waals surface area contributed by atoms with Crippen LogP contribution in [0.4, 0.5) is 21.5 Å². The maximum atomic E-state index is 13.8. The molecule has 202 valence electrons. The summed E-state index contributed by atoms with van der Waals surface area (Å²) < 4.78 is 13.8. The number of rotatable bonds is 7. The number of likely N-dealkylation sites (N-methyl/N-ethyl adjacent to an activating group) is 1. The van der Waals surface area contributed by atoms with Gasteiger partial charge in [-0.05, 0) is 59.8 Å². The van der Waals surface area contributed by atoms with E-state index in [-0.39, 0.29) is 11.1 Å². The van der Waals surface area contributed by atoms with E-state index in [2.05, 4.69) is 54.3 Å². The number of halogens is 3. The predicted molar refractivity (Wildman–Crippen MR) is 157 cm³/mol. The molecule has 12 heteroatoms. The largest absolute Gasteiger partial charge is 0.373 e. The summed E-state index contributed by atoms with van der Waals surface area (Å²) in [5.41, 5.74) is 5.80. The third-order valence-electron chi connectivity index (χ3n) is 7.09. The van der Waals surface area contributed by atoms with Crippen LogP contribution in [0, 0.1) is 17.1 Å². The molecule has 5 aromatic rings. The summed E-state index contributed by atoms with van der Waals surface area (Å²) in [5.74, 6) is -0.529. The molecule has 0 spiro atoms. The van der Waals surface area contributed by atoms with Gasteiger partial charge in [0.25, 0.3) is 0 Å². The fourth-order valence-corrected chi connectivity index (χ4v) is 6.64. The van der Waals surface area contributed by atoms with Crippen LogP contribution in [0.25, 0.3) is 10.9 Å². The number of nitrogens with zero attached hydrogens (tertiary/aromatic N) is 5. The van der Waals surface area contributed by atoms with E-state index in [0.717, 1.165) is 37.3 Å². The molecule has 0 radical (unpaired) electrons. The minimum atomic E-state index is -0.529. The molecule has 0 saturated heterocycles. The van der Waals surface area contributed by atoms with Gasteiger partial charge in [0.15, 0.2) is 0 Å². The summed E-state index contributed by atoms with van der Waals surface area (Å²) in [7, 11) is 0. The first-order valence-electron chi connectivity index (χ1n) is 12.6. The van der Waals surface area contributed by atoms with E-state index in [4.69, 9.17) is 23.2 Å². The van der Waals surface area contributed by atoms with Crippen LogP contribution in [0.15, 0.2) is 48.1 Å². The summed E-state index contributed by atoms with van der Waals surface area (Å²) in [6.07, 6.45) is 4.14. The molecule has 0 fully saturated rings. The van der Waals surface area contributed by atoms with Crippen molar-refractivity contribution in [2.24, 2.45) is 0 Å². The van der Waals surface area contributed by atoms with Crippen molar-refractivity contribution in [1.29, 1.82) is 5.26 Å². The summed E-state index contributed by atoms with van der Waals surface area (Å²) >= 11 is 14.5. The molecular formula is C28H23Cl2FN8S. The van der Waals surface area contributed by atoms with Gasteiger partial charge in [0, 0.05) is 40.9 Å². The number of aromatic nitrogens is 4. The van der Waals surface area contributed by atoms with Crippen molar-refractivity contribution in [2.75, 3.05) is 23.7 Å². The molecule has 8 nitrogen and oxygen atoms in total. The van der Waals surface area contributed by atoms with Crippen molar-refractivity contribution in [2.45, 2.75) is 25.9 Å². The molecule has 1 atom stereocenters. The van der Waals surface area contributed by atoms with Gasteiger partial charge in [-0.3, -0.25) is 9.88 Å². The van der Waals surface area contributed by atoms with Crippen LogP contribution >= 0.6 is 34.5 Å². The molecule has 1 unspecified atom stereocenters. The Labute approximate surface area is 243 Å². The highest BCUT2D eigenvalue weighted by atomic mass is 35.5. The summed E-state index contributed by atoms with van der Waals surface area (Å²) in [6.45, 7) is 5.15. The topological polar surface area (TPSA) is 106 Å². The van der Waals surface area contributed by atoms with Crippen LogP contribution in [0.1, 0.15) is 40.2 Å². The van der Waals surface area contributed by atoms with Crippen LogP contribution < -0.4 is 10.6 Å². The average molecular weight is 594 g/mol. The van der Waals surface area contributed by atoms with Gasteiger partial charge in [-0.2, -0.15) is 20.7 Å². The lowest BCUT2D eigenvalue weighted by molar-refractivity contribution is 0.271. The molecule has 3 N–H and O–H groups in total. The van der Waals surface area contributed by atoms with Gasteiger partial charge >= 0.3 is 0 Å². The first-order valence-corrected chi connectivity index (χ1v) is 14.3. The Morgan fingerprint density at radius 3 is 2.80 bits per heavy atom. The highest BCUT2D eigenvalue weighted by Crippen LogP contribution is 2.39. The van der Waals surface area contributed by atoms with E-state index < -0.39 is 5.82 Å². The smallest absolute Gasteiger partial charge is 0.141 e. The number of anilines is 3. The quantitative estimate of drug-likeness (QED) is 0.186. The SMILES string of the molecule is CCN1CCc2c(C(Nc3cc(Cl)c4ncc(C#N)c(Nc5ccc(F)c(Cl)c5)c4c3)c3cn[nH]n3)csc2C1. The monoisotopic (exact) mass is 592 g/mol. The van der Waals surface area contributed by atoms with Gasteiger partial charge in [0.1, 0.15) is 17.6 Å². The van der Waals surface area contributed by atoms with Crippen molar-refractivity contribution in [3.05, 3.63) is 91.2 Å². The highest BCUT2D eigenvalue weighted by molar-refractivity contribution is 7.10. The van der Waals surface area contributed by atoms with Crippen molar-refractivity contribution in [3.63, 3.8) is 0 Å². The Morgan fingerprint density at radius 2 is 2.05 bits per heavy atom. The van der Waals surface area contributed by atoms with Crippen molar-refractivity contribution in [3.8, 4) is 6.07 Å². The highest BCUT2D eigenvalue weighted by Gasteiger charge is 2.27. The first-order chi connectivity index (χ1) is 19.4. The van der Waals surface area contributed by atoms with E-state index in [1.807, 2.05) is 12.1 Å². The molecule has 3 aromatic heterocycles. The summed E-state index contributed by atoms with van der Waals surface area (Å²) in [4.78, 5) is 8.24.